The summed E-state index contributed by atoms with van der Waals surface area (Å²) < 4.78 is 6.62. The van der Waals surface area contributed by atoms with E-state index in [0.717, 1.165) is 13.2 Å². The zero-order valence-corrected chi connectivity index (χ0v) is 11.9. The molecule has 1 aromatic heterocycles. The molecule has 14 heavy (non-hydrogen) atoms. The lowest BCUT2D eigenvalue weighted by Crippen LogP contribution is -2.05. The summed E-state index contributed by atoms with van der Waals surface area (Å²) in [5.74, 6) is 0.639. The maximum absolute atomic E-state index is 5.40. The fraction of sp³-hybridized carbons (Fsp3) is 0.600. The van der Waals surface area contributed by atoms with Gasteiger partial charge in [-0.15, -0.1) is 11.3 Å². The lowest BCUT2D eigenvalue weighted by atomic mass is 10.0. The molecule has 0 spiro atoms. The zero-order chi connectivity index (χ0) is 10.1. The first-order chi connectivity index (χ1) is 6.68. The van der Waals surface area contributed by atoms with Crippen LogP contribution < -0.4 is 0 Å². The molecule has 4 heteroatoms. The number of hydrogen-bond donors (Lipinski definition) is 0. The average molecular weight is 340 g/mol. The normalized spacial score (nSPS) is 24.1. The van der Waals surface area contributed by atoms with E-state index in [9.17, 15) is 0 Å². The molecule has 0 radical (unpaired) electrons. The third-order valence-electron chi connectivity index (χ3n) is 2.53. The predicted octanol–water partition coefficient (Wildman–Crippen LogP) is 4.29. The van der Waals surface area contributed by atoms with Gasteiger partial charge in [0.2, 0.25) is 0 Å². The Balaban J connectivity index is 2.13. The van der Waals surface area contributed by atoms with E-state index in [0.29, 0.717) is 10.7 Å². The summed E-state index contributed by atoms with van der Waals surface area (Å²) in [6, 6.07) is 2.22. The molecule has 1 aromatic rings. The summed E-state index contributed by atoms with van der Waals surface area (Å²) in [5.41, 5.74) is 0. The minimum atomic E-state index is 0.458. The van der Waals surface area contributed by atoms with Gasteiger partial charge in [0, 0.05) is 26.8 Å². The van der Waals surface area contributed by atoms with Crippen molar-refractivity contribution in [2.75, 3.05) is 13.2 Å². The molecule has 2 heterocycles. The van der Waals surface area contributed by atoms with Gasteiger partial charge in [0.1, 0.15) is 0 Å². The first-order valence-corrected chi connectivity index (χ1v) is 7.18. The zero-order valence-electron chi connectivity index (χ0n) is 7.93. The van der Waals surface area contributed by atoms with Crippen molar-refractivity contribution in [1.29, 1.82) is 0 Å². The molecule has 0 aromatic carbocycles. The highest BCUT2D eigenvalue weighted by Gasteiger charge is 2.26. The molecule has 2 atom stereocenters. The first kappa shape index (κ1) is 11.1. The summed E-state index contributed by atoms with van der Waals surface area (Å²) >= 11 is 9.18. The Morgan fingerprint density at radius 3 is 2.93 bits per heavy atom. The Morgan fingerprint density at radius 1 is 1.64 bits per heavy atom. The van der Waals surface area contributed by atoms with Crippen LogP contribution in [0, 0.1) is 12.8 Å². The van der Waals surface area contributed by atoms with Crippen LogP contribution >= 0.6 is 43.2 Å². The number of ether oxygens (including phenoxy) is 1. The van der Waals surface area contributed by atoms with Crippen molar-refractivity contribution < 1.29 is 4.74 Å². The van der Waals surface area contributed by atoms with Crippen molar-refractivity contribution >= 4 is 43.2 Å². The van der Waals surface area contributed by atoms with Gasteiger partial charge in [0.25, 0.3) is 0 Å². The molecule has 1 saturated heterocycles. The predicted molar refractivity (Wildman–Crippen MR) is 67.4 cm³/mol. The standard InChI is InChI=1S/C10H12Br2OS/c1-6-8(11)4-9(14-6)10(12)7-2-3-13-5-7/h4,7,10H,2-3,5H2,1H3. The molecule has 2 unspecified atom stereocenters. The third kappa shape index (κ3) is 2.23. The largest absolute Gasteiger partial charge is 0.381 e. The van der Waals surface area contributed by atoms with Crippen LogP contribution in [-0.2, 0) is 4.74 Å². The maximum atomic E-state index is 5.40. The van der Waals surface area contributed by atoms with E-state index in [4.69, 9.17) is 4.74 Å². The molecule has 0 amide bonds. The molecule has 0 saturated carbocycles. The van der Waals surface area contributed by atoms with E-state index in [1.807, 2.05) is 11.3 Å². The van der Waals surface area contributed by atoms with Crippen molar-refractivity contribution in [1.82, 2.24) is 0 Å². The van der Waals surface area contributed by atoms with Gasteiger partial charge in [-0.3, -0.25) is 0 Å². The van der Waals surface area contributed by atoms with Crippen molar-refractivity contribution in [2.24, 2.45) is 5.92 Å². The second kappa shape index (κ2) is 4.64. The molecular weight excluding hydrogens is 328 g/mol. The number of rotatable bonds is 2. The number of alkyl halides is 1. The van der Waals surface area contributed by atoms with Crippen LogP contribution in [0.25, 0.3) is 0 Å². The van der Waals surface area contributed by atoms with Crippen LogP contribution in [0.3, 0.4) is 0 Å². The van der Waals surface area contributed by atoms with Crippen LogP contribution in [0.4, 0.5) is 0 Å². The fourth-order valence-corrected chi connectivity index (χ4v) is 4.10. The van der Waals surface area contributed by atoms with Crippen LogP contribution in [-0.4, -0.2) is 13.2 Å². The molecule has 78 valence electrons. The summed E-state index contributed by atoms with van der Waals surface area (Å²) in [6.07, 6.45) is 1.17. The quantitative estimate of drug-likeness (QED) is 0.730. The van der Waals surface area contributed by atoms with Crippen LogP contribution in [0.2, 0.25) is 0 Å². The average Bonchev–Trinajstić information content (AvgIpc) is 2.76. The summed E-state index contributed by atoms with van der Waals surface area (Å²) in [4.78, 5) is 3.22. The van der Waals surface area contributed by atoms with Gasteiger partial charge in [0.05, 0.1) is 11.4 Å². The summed E-state index contributed by atoms with van der Waals surface area (Å²) in [7, 11) is 0. The van der Waals surface area contributed by atoms with Crippen LogP contribution in [0.5, 0.6) is 0 Å². The Kier molecular flexibility index (Phi) is 3.68. The molecule has 1 aliphatic heterocycles. The Morgan fingerprint density at radius 2 is 2.43 bits per heavy atom. The van der Waals surface area contributed by atoms with E-state index in [2.05, 4.69) is 44.8 Å². The Bertz CT molecular complexity index is 298. The lowest BCUT2D eigenvalue weighted by Gasteiger charge is -2.13. The monoisotopic (exact) mass is 338 g/mol. The van der Waals surface area contributed by atoms with Crippen molar-refractivity contribution in [3.8, 4) is 0 Å². The Labute approximate surface area is 105 Å². The molecule has 1 fully saturated rings. The summed E-state index contributed by atoms with van der Waals surface area (Å²) in [5, 5.41) is 0. The first-order valence-electron chi connectivity index (χ1n) is 4.66. The van der Waals surface area contributed by atoms with Crippen molar-refractivity contribution in [3.63, 3.8) is 0 Å². The van der Waals surface area contributed by atoms with Gasteiger partial charge in [0.15, 0.2) is 0 Å². The highest BCUT2D eigenvalue weighted by Crippen LogP contribution is 2.41. The molecule has 0 N–H and O–H groups in total. The van der Waals surface area contributed by atoms with Crippen molar-refractivity contribution in [3.05, 3.63) is 20.3 Å². The number of halogens is 2. The number of thiophene rings is 1. The van der Waals surface area contributed by atoms with Crippen LogP contribution in [0.1, 0.15) is 21.0 Å². The van der Waals surface area contributed by atoms with Crippen molar-refractivity contribution in [2.45, 2.75) is 18.2 Å². The molecule has 2 rings (SSSR count). The molecule has 0 aliphatic carbocycles. The molecule has 1 nitrogen and oxygen atoms in total. The SMILES string of the molecule is Cc1sc(C(Br)C2CCOC2)cc1Br. The second-order valence-corrected chi connectivity index (χ2v) is 6.71. The van der Waals surface area contributed by atoms with Gasteiger partial charge in [-0.25, -0.2) is 0 Å². The molecule has 0 bridgehead atoms. The van der Waals surface area contributed by atoms with Gasteiger partial charge in [-0.05, 0) is 35.3 Å². The highest BCUT2D eigenvalue weighted by molar-refractivity contribution is 9.10. The van der Waals surface area contributed by atoms with Gasteiger partial charge in [-0.1, -0.05) is 15.9 Å². The molecular formula is C10H12Br2OS. The maximum Gasteiger partial charge on any atom is 0.0540 e. The fourth-order valence-electron chi connectivity index (χ4n) is 1.63. The van der Waals surface area contributed by atoms with E-state index in [-0.39, 0.29) is 0 Å². The smallest absolute Gasteiger partial charge is 0.0540 e. The summed E-state index contributed by atoms with van der Waals surface area (Å²) in [6.45, 7) is 3.95. The number of aryl methyl sites for hydroxylation is 1. The second-order valence-electron chi connectivity index (χ2n) is 3.58. The Hall–Kier alpha value is 0.620. The third-order valence-corrected chi connectivity index (χ3v) is 6.29. The van der Waals surface area contributed by atoms with Gasteiger partial charge < -0.3 is 4.74 Å². The minimum absolute atomic E-state index is 0.458. The van der Waals surface area contributed by atoms with E-state index in [1.165, 1.54) is 20.6 Å². The van der Waals surface area contributed by atoms with E-state index >= 15 is 0 Å². The van der Waals surface area contributed by atoms with Gasteiger partial charge in [-0.2, -0.15) is 0 Å². The van der Waals surface area contributed by atoms with E-state index in [1.54, 1.807) is 0 Å². The van der Waals surface area contributed by atoms with Crippen LogP contribution in [0.15, 0.2) is 10.5 Å². The lowest BCUT2D eigenvalue weighted by molar-refractivity contribution is 0.186. The number of hydrogen-bond acceptors (Lipinski definition) is 2. The highest BCUT2D eigenvalue weighted by atomic mass is 79.9. The topological polar surface area (TPSA) is 9.23 Å². The van der Waals surface area contributed by atoms with Gasteiger partial charge >= 0.3 is 0 Å². The minimum Gasteiger partial charge on any atom is -0.381 e. The van der Waals surface area contributed by atoms with E-state index < -0.39 is 0 Å². The molecule has 1 aliphatic rings.